The molecule has 0 bridgehead atoms. The van der Waals surface area contributed by atoms with Gasteiger partial charge in [-0.25, -0.2) is 9.97 Å². The van der Waals surface area contributed by atoms with Crippen LogP contribution in [-0.2, 0) is 12.6 Å². The van der Waals surface area contributed by atoms with Gasteiger partial charge in [-0.2, -0.15) is 0 Å². The van der Waals surface area contributed by atoms with Crippen molar-refractivity contribution >= 4 is 16.6 Å². The summed E-state index contributed by atoms with van der Waals surface area (Å²) < 4.78 is 3.89. The van der Waals surface area contributed by atoms with Crippen LogP contribution in [0.1, 0.15) is 37.7 Å². The number of hydrogen-bond donors (Lipinski definition) is 1. The van der Waals surface area contributed by atoms with Crippen LogP contribution in [0.25, 0.3) is 50.5 Å². The number of nitrogens with two attached hydrogens (primary N) is 1. The lowest BCUT2D eigenvalue weighted by Gasteiger charge is -2.34. The van der Waals surface area contributed by atoms with Crippen LogP contribution in [0.5, 0.6) is 0 Å². The predicted molar refractivity (Wildman–Crippen MR) is 150 cm³/mol. The summed E-state index contributed by atoms with van der Waals surface area (Å²) in [6, 6.07) is 23.4. The third-order valence-electron chi connectivity index (χ3n) is 7.87. The van der Waals surface area contributed by atoms with Gasteiger partial charge in [0.25, 0.3) is 0 Å². The highest BCUT2D eigenvalue weighted by Crippen LogP contribution is 2.38. The monoisotopic (exact) mass is 499 g/mol. The highest BCUT2D eigenvalue weighted by Gasteiger charge is 2.29. The summed E-state index contributed by atoms with van der Waals surface area (Å²) in [6.07, 6.45) is 11.5. The van der Waals surface area contributed by atoms with Crippen LogP contribution in [0.4, 0.5) is 0 Å². The van der Waals surface area contributed by atoms with Gasteiger partial charge in [0, 0.05) is 41.5 Å². The molecule has 7 rings (SSSR count). The number of aromatic nitrogens is 6. The first-order valence-electron chi connectivity index (χ1n) is 13.2. The van der Waals surface area contributed by atoms with Gasteiger partial charge in [-0.15, -0.1) is 10.2 Å². The van der Waals surface area contributed by atoms with Crippen LogP contribution in [0, 0.1) is 0 Å². The van der Waals surface area contributed by atoms with E-state index in [9.17, 15) is 0 Å². The topological polar surface area (TPSA) is 86.9 Å². The third-order valence-corrected chi connectivity index (χ3v) is 7.87. The lowest BCUT2D eigenvalue weighted by atomic mass is 9.77. The van der Waals surface area contributed by atoms with E-state index >= 15 is 0 Å². The van der Waals surface area contributed by atoms with Crippen molar-refractivity contribution in [2.75, 3.05) is 0 Å². The summed E-state index contributed by atoms with van der Waals surface area (Å²) in [6.45, 7) is 0. The van der Waals surface area contributed by atoms with E-state index in [1.807, 2.05) is 40.5 Å². The fraction of sp³-hybridized carbons (Fsp3) is 0.226. The molecule has 1 fully saturated rings. The van der Waals surface area contributed by atoms with Gasteiger partial charge in [0.1, 0.15) is 5.69 Å². The number of aryl methyl sites for hydroxylation is 1. The highest BCUT2D eigenvalue weighted by atomic mass is 15.3. The quantitative estimate of drug-likeness (QED) is 0.315. The molecule has 0 saturated heterocycles. The van der Waals surface area contributed by atoms with E-state index < -0.39 is 0 Å². The second kappa shape index (κ2) is 8.89. The Hall–Kier alpha value is -4.36. The number of imidazole rings is 1. The van der Waals surface area contributed by atoms with Gasteiger partial charge in [0.15, 0.2) is 11.5 Å². The Kier molecular flexibility index (Phi) is 5.33. The molecule has 0 spiro atoms. The fourth-order valence-corrected chi connectivity index (χ4v) is 5.79. The van der Waals surface area contributed by atoms with Gasteiger partial charge in [0.2, 0.25) is 0 Å². The van der Waals surface area contributed by atoms with Crippen LogP contribution in [0.15, 0.2) is 85.5 Å². The maximum absolute atomic E-state index is 6.83. The number of fused-ring (bicyclic) bond motifs is 3. The van der Waals surface area contributed by atoms with E-state index in [0.29, 0.717) is 5.82 Å². The van der Waals surface area contributed by atoms with E-state index in [2.05, 4.69) is 69.8 Å². The molecule has 2 N–H and O–H groups in total. The first kappa shape index (κ1) is 22.8. The Morgan fingerprint density at radius 3 is 2.39 bits per heavy atom. The van der Waals surface area contributed by atoms with Crippen molar-refractivity contribution in [3.8, 4) is 33.9 Å². The fourth-order valence-electron chi connectivity index (χ4n) is 5.79. The van der Waals surface area contributed by atoms with Crippen molar-refractivity contribution in [3.05, 3.63) is 91.0 Å². The van der Waals surface area contributed by atoms with Gasteiger partial charge >= 0.3 is 0 Å². The summed E-state index contributed by atoms with van der Waals surface area (Å²) in [5.74, 6) is 0.710. The highest BCUT2D eigenvalue weighted by molar-refractivity contribution is 5.98. The molecule has 0 atom stereocenters. The number of nitrogens with zero attached hydrogens (tertiary/aromatic N) is 6. The van der Waals surface area contributed by atoms with E-state index in [1.54, 1.807) is 6.33 Å². The van der Waals surface area contributed by atoms with E-state index in [-0.39, 0.29) is 5.54 Å². The predicted octanol–water partition coefficient (Wildman–Crippen LogP) is 6.13. The molecule has 7 nitrogen and oxygen atoms in total. The van der Waals surface area contributed by atoms with E-state index in [1.165, 1.54) is 24.8 Å². The number of hydrogen-bond acceptors (Lipinski definition) is 5. The SMILES string of the molecule is Cn1cnc(-c2nnc3c4cc(-c5ccccc5)c(-c5ccc(C6(N)CCCCC6)cc5)nc4ccn23)c1. The summed E-state index contributed by atoms with van der Waals surface area (Å²) in [5, 5.41) is 9.97. The van der Waals surface area contributed by atoms with Crippen molar-refractivity contribution in [2.24, 2.45) is 12.8 Å². The second-order valence-electron chi connectivity index (χ2n) is 10.4. The maximum Gasteiger partial charge on any atom is 0.188 e. The lowest BCUT2D eigenvalue weighted by Crippen LogP contribution is -2.38. The van der Waals surface area contributed by atoms with Crippen molar-refractivity contribution < 1.29 is 0 Å². The van der Waals surface area contributed by atoms with Crippen LogP contribution in [0.3, 0.4) is 0 Å². The van der Waals surface area contributed by atoms with Crippen LogP contribution in [-0.4, -0.2) is 29.1 Å². The zero-order chi connectivity index (χ0) is 25.7. The normalized spacial score (nSPS) is 15.3. The smallest absolute Gasteiger partial charge is 0.188 e. The second-order valence-corrected chi connectivity index (χ2v) is 10.4. The van der Waals surface area contributed by atoms with Gasteiger partial charge in [-0.05, 0) is 36.1 Å². The molecule has 0 amide bonds. The molecule has 2 aromatic carbocycles. The molecule has 1 aliphatic rings. The zero-order valence-corrected chi connectivity index (χ0v) is 21.4. The van der Waals surface area contributed by atoms with Gasteiger partial charge in [-0.3, -0.25) is 4.40 Å². The average molecular weight is 500 g/mol. The Labute approximate surface area is 221 Å². The molecular formula is C31H29N7. The van der Waals surface area contributed by atoms with Crippen molar-refractivity contribution in [1.29, 1.82) is 0 Å². The molecule has 0 radical (unpaired) electrons. The summed E-state index contributed by atoms with van der Waals surface area (Å²) in [5.41, 5.74) is 14.4. The molecule has 7 heteroatoms. The number of benzene rings is 2. The summed E-state index contributed by atoms with van der Waals surface area (Å²) in [4.78, 5) is 9.65. The lowest BCUT2D eigenvalue weighted by molar-refractivity contribution is 0.302. The third kappa shape index (κ3) is 3.78. The summed E-state index contributed by atoms with van der Waals surface area (Å²) in [7, 11) is 1.95. The van der Waals surface area contributed by atoms with Crippen molar-refractivity contribution in [3.63, 3.8) is 0 Å². The maximum atomic E-state index is 6.83. The number of rotatable bonds is 4. The van der Waals surface area contributed by atoms with E-state index in [4.69, 9.17) is 10.7 Å². The Bertz CT molecular complexity index is 1760. The minimum Gasteiger partial charge on any atom is -0.340 e. The standard InChI is InChI=1S/C31H29N7/c1-37-19-27(33-20-37)30-36-35-29-25-18-24(21-8-4-2-5-9-21)28(34-26(25)14-17-38(29)30)22-10-12-23(13-11-22)31(32)15-6-3-7-16-31/h2,4-5,8-14,17-20H,3,6-7,15-16,32H2,1H3. The van der Waals surface area contributed by atoms with Gasteiger partial charge < -0.3 is 10.3 Å². The molecule has 188 valence electrons. The molecular weight excluding hydrogens is 470 g/mol. The van der Waals surface area contributed by atoms with Crippen LogP contribution < -0.4 is 5.73 Å². The van der Waals surface area contributed by atoms with E-state index in [0.717, 1.165) is 57.5 Å². The Morgan fingerprint density at radius 1 is 0.868 bits per heavy atom. The molecule has 0 aliphatic heterocycles. The van der Waals surface area contributed by atoms with Gasteiger partial charge in [0.05, 0.1) is 17.5 Å². The molecule has 6 aromatic rings. The zero-order valence-electron chi connectivity index (χ0n) is 21.4. The Balaban J connectivity index is 1.39. The minimum atomic E-state index is -0.222. The van der Waals surface area contributed by atoms with Crippen molar-refractivity contribution in [1.82, 2.24) is 29.1 Å². The molecule has 0 unspecified atom stereocenters. The summed E-state index contributed by atoms with van der Waals surface area (Å²) >= 11 is 0. The van der Waals surface area contributed by atoms with Crippen LogP contribution >= 0.6 is 0 Å². The molecule has 1 aliphatic carbocycles. The first-order chi connectivity index (χ1) is 18.6. The molecule has 38 heavy (non-hydrogen) atoms. The molecule has 4 aromatic heterocycles. The number of pyridine rings is 2. The minimum absolute atomic E-state index is 0.222. The Morgan fingerprint density at radius 2 is 1.66 bits per heavy atom. The van der Waals surface area contributed by atoms with Gasteiger partial charge in [-0.1, -0.05) is 73.9 Å². The van der Waals surface area contributed by atoms with Crippen LogP contribution in [0.2, 0.25) is 0 Å². The molecule has 4 heterocycles. The largest absolute Gasteiger partial charge is 0.340 e. The van der Waals surface area contributed by atoms with Crippen molar-refractivity contribution in [2.45, 2.75) is 37.6 Å². The first-order valence-corrected chi connectivity index (χ1v) is 13.2. The molecule has 1 saturated carbocycles. The average Bonchev–Trinajstić information content (AvgIpc) is 3.59.